The Bertz CT molecular complexity index is 1170. The smallest absolute Gasteiger partial charge is 0.239 e. The molecule has 2 aromatic carbocycles. The Labute approximate surface area is 179 Å². The Balaban J connectivity index is 1.90. The van der Waals surface area contributed by atoms with E-state index in [4.69, 9.17) is 9.15 Å². The molecule has 5 unspecified atom stereocenters. The molecular formula is C24H26O7. The number of aliphatic hydroxyl groups excluding tert-OH is 1. The van der Waals surface area contributed by atoms with E-state index in [-0.39, 0.29) is 45.8 Å². The third-order valence-corrected chi connectivity index (χ3v) is 6.57. The van der Waals surface area contributed by atoms with Crippen molar-refractivity contribution in [3.63, 3.8) is 0 Å². The van der Waals surface area contributed by atoms with Crippen LogP contribution in [0.3, 0.4) is 0 Å². The van der Waals surface area contributed by atoms with Gasteiger partial charge in [0.25, 0.3) is 0 Å². The Morgan fingerprint density at radius 1 is 0.968 bits per heavy atom. The zero-order valence-electron chi connectivity index (χ0n) is 17.6. The fourth-order valence-corrected chi connectivity index (χ4v) is 4.34. The minimum atomic E-state index is -0.776. The summed E-state index contributed by atoms with van der Waals surface area (Å²) < 4.78 is 12.0. The molecule has 5 atom stereocenters. The van der Waals surface area contributed by atoms with E-state index in [9.17, 15) is 25.2 Å². The molecule has 1 aliphatic rings. The second-order valence-electron chi connectivity index (χ2n) is 8.55. The summed E-state index contributed by atoms with van der Waals surface area (Å²) in [5.41, 5.74) is -0.139. The highest BCUT2D eigenvalue weighted by molar-refractivity contribution is 5.88. The summed E-state index contributed by atoms with van der Waals surface area (Å²) in [6.07, 6.45) is -0.847. The molecule has 1 heterocycles. The van der Waals surface area contributed by atoms with Crippen LogP contribution in [0.4, 0.5) is 0 Å². The van der Waals surface area contributed by atoms with Gasteiger partial charge in [-0.3, -0.25) is 4.79 Å². The zero-order chi connectivity index (χ0) is 22.4. The molecule has 1 aliphatic carbocycles. The minimum Gasteiger partial charge on any atom is -0.508 e. The van der Waals surface area contributed by atoms with E-state index >= 15 is 0 Å². The normalized spacial score (nSPS) is 26.1. The fraction of sp³-hybridized carbons (Fsp3) is 0.375. The third-order valence-electron chi connectivity index (χ3n) is 6.57. The van der Waals surface area contributed by atoms with E-state index in [0.717, 1.165) is 6.07 Å². The molecule has 31 heavy (non-hydrogen) atoms. The summed E-state index contributed by atoms with van der Waals surface area (Å²) in [6.45, 7) is 6.13. The average molecular weight is 426 g/mol. The fourth-order valence-electron chi connectivity index (χ4n) is 4.34. The van der Waals surface area contributed by atoms with Crippen LogP contribution in [0.1, 0.15) is 27.2 Å². The van der Waals surface area contributed by atoms with Crippen molar-refractivity contribution < 1.29 is 29.6 Å². The van der Waals surface area contributed by atoms with Gasteiger partial charge in [-0.05, 0) is 48.4 Å². The van der Waals surface area contributed by atoms with Crippen LogP contribution in [-0.4, -0.2) is 32.6 Å². The number of hydrogen-bond donors (Lipinski definition) is 4. The molecule has 1 saturated carbocycles. The van der Waals surface area contributed by atoms with Crippen LogP contribution in [0, 0.1) is 17.8 Å². The second-order valence-corrected chi connectivity index (χ2v) is 8.55. The SMILES string of the molecule is CC1CC(Oc2c(-c3ccc(O)cc3)oc3cc(O)cc(O)c3c2=O)C(O)C(C)C1C. The van der Waals surface area contributed by atoms with Crippen molar-refractivity contribution in [3.8, 4) is 34.3 Å². The number of aliphatic hydroxyl groups is 1. The van der Waals surface area contributed by atoms with Gasteiger partial charge in [0.1, 0.15) is 34.3 Å². The van der Waals surface area contributed by atoms with Crippen LogP contribution in [0.5, 0.6) is 23.0 Å². The summed E-state index contributed by atoms with van der Waals surface area (Å²) in [5, 5.41) is 40.4. The first kappa shape index (κ1) is 21.1. The highest BCUT2D eigenvalue weighted by Gasteiger charge is 2.40. The Hall–Kier alpha value is -3.19. The molecule has 164 valence electrons. The van der Waals surface area contributed by atoms with Crippen LogP contribution < -0.4 is 10.2 Å². The molecule has 0 spiro atoms. The van der Waals surface area contributed by atoms with Gasteiger partial charge < -0.3 is 29.6 Å². The summed E-state index contributed by atoms with van der Waals surface area (Å²) in [7, 11) is 0. The number of fused-ring (bicyclic) bond motifs is 1. The molecule has 3 aromatic rings. The molecular weight excluding hydrogens is 400 g/mol. The molecule has 4 rings (SSSR count). The minimum absolute atomic E-state index is 0.00234. The van der Waals surface area contributed by atoms with Gasteiger partial charge in [0.2, 0.25) is 11.2 Å². The summed E-state index contributed by atoms with van der Waals surface area (Å²) in [4.78, 5) is 13.4. The largest absolute Gasteiger partial charge is 0.508 e. The number of ether oxygens (including phenoxy) is 1. The molecule has 0 radical (unpaired) electrons. The van der Waals surface area contributed by atoms with Gasteiger partial charge in [0.05, 0.1) is 6.10 Å². The van der Waals surface area contributed by atoms with E-state index in [1.807, 2.05) is 6.92 Å². The first-order valence-corrected chi connectivity index (χ1v) is 10.3. The van der Waals surface area contributed by atoms with Crippen LogP contribution in [0.25, 0.3) is 22.3 Å². The standard InChI is InChI=1S/C24H26O7/c1-11-8-19(21(28)13(3)12(11)2)31-24-22(29)20-17(27)9-16(26)10-18(20)30-23(24)14-4-6-15(25)7-5-14/h4-7,9-13,19,21,25-28H,8H2,1-3H3. The lowest BCUT2D eigenvalue weighted by atomic mass is 9.72. The monoisotopic (exact) mass is 426 g/mol. The summed E-state index contributed by atoms with van der Waals surface area (Å²) >= 11 is 0. The highest BCUT2D eigenvalue weighted by Crippen LogP contribution is 2.40. The molecule has 0 amide bonds. The number of phenolic OH excluding ortho intramolecular Hbond substituents is 3. The second kappa shape index (κ2) is 7.81. The van der Waals surface area contributed by atoms with Crippen molar-refractivity contribution in [2.24, 2.45) is 17.8 Å². The maximum atomic E-state index is 13.4. The lowest BCUT2D eigenvalue weighted by Gasteiger charge is -2.41. The van der Waals surface area contributed by atoms with Crippen molar-refractivity contribution >= 4 is 11.0 Å². The molecule has 0 saturated heterocycles. The predicted octanol–water partition coefficient (Wildman–Crippen LogP) is 4.00. The quantitative estimate of drug-likeness (QED) is 0.500. The molecule has 0 bridgehead atoms. The molecule has 1 fully saturated rings. The van der Waals surface area contributed by atoms with E-state index in [1.54, 1.807) is 12.1 Å². The van der Waals surface area contributed by atoms with E-state index in [2.05, 4.69) is 13.8 Å². The third kappa shape index (κ3) is 3.70. The van der Waals surface area contributed by atoms with Gasteiger partial charge in [0, 0.05) is 17.7 Å². The highest BCUT2D eigenvalue weighted by atomic mass is 16.5. The van der Waals surface area contributed by atoms with Crippen molar-refractivity contribution in [2.45, 2.75) is 39.4 Å². The Kier molecular flexibility index (Phi) is 5.31. The van der Waals surface area contributed by atoms with Crippen molar-refractivity contribution in [1.82, 2.24) is 0 Å². The Morgan fingerprint density at radius 3 is 2.32 bits per heavy atom. The summed E-state index contributed by atoms with van der Waals surface area (Å²) in [6, 6.07) is 8.34. The first-order chi connectivity index (χ1) is 14.7. The number of phenols is 3. The Morgan fingerprint density at radius 2 is 1.65 bits per heavy atom. The number of hydrogen-bond acceptors (Lipinski definition) is 7. The van der Waals surface area contributed by atoms with Gasteiger partial charge in [-0.25, -0.2) is 0 Å². The summed E-state index contributed by atoms with van der Waals surface area (Å²) in [5.74, 6) is -0.119. The number of benzene rings is 2. The lowest BCUT2D eigenvalue weighted by molar-refractivity contribution is -0.0652. The van der Waals surface area contributed by atoms with Gasteiger partial charge >= 0.3 is 0 Å². The van der Waals surface area contributed by atoms with Crippen molar-refractivity contribution in [3.05, 3.63) is 46.6 Å². The lowest BCUT2D eigenvalue weighted by Crippen LogP contribution is -2.47. The van der Waals surface area contributed by atoms with Crippen LogP contribution in [-0.2, 0) is 0 Å². The maximum absolute atomic E-state index is 13.4. The van der Waals surface area contributed by atoms with Gasteiger partial charge in [-0.1, -0.05) is 20.8 Å². The molecule has 4 N–H and O–H groups in total. The molecule has 7 nitrogen and oxygen atoms in total. The van der Waals surface area contributed by atoms with Crippen LogP contribution in [0.2, 0.25) is 0 Å². The predicted molar refractivity (Wildman–Crippen MR) is 115 cm³/mol. The number of rotatable bonds is 3. The van der Waals surface area contributed by atoms with E-state index in [0.29, 0.717) is 17.9 Å². The average Bonchev–Trinajstić information content (AvgIpc) is 2.72. The number of aromatic hydroxyl groups is 3. The first-order valence-electron chi connectivity index (χ1n) is 10.3. The topological polar surface area (TPSA) is 120 Å². The van der Waals surface area contributed by atoms with Gasteiger partial charge in [-0.15, -0.1) is 0 Å². The van der Waals surface area contributed by atoms with Gasteiger partial charge in [-0.2, -0.15) is 0 Å². The molecule has 1 aromatic heterocycles. The maximum Gasteiger partial charge on any atom is 0.239 e. The van der Waals surface area contributed by atoms with Crippen LogP contribution >= 0.6 is 0 Å². The van der Waals surface area contributed by atoms with E-state index in [1.165, 1.54) is 18.2 Å². The van der Waals surface area contributed by atoms with Crippen molar-refractivity contribution in [2.75, 3.05) is 0 Å². The zero-order valence-corrected chi connectivity index (χ0v) is 17.6. The van der Waals surface area contributed by atoms with Crippen LogP contribution in [0.15, 0.2) is 45.6 Å². The molecule has 7 heteroatoms. The van der Waals surface area contributed by atoms with Gasteiger partial charge in [0.15, 0.2) is 5.76 Å². The van der Waals surface area contributed by atoms with E-state index < -0.39 is 23.4 Å². The van der Waals surface area contributed by atoms with Crippen molar-refractivity contribution in [1.29, 1.82) is 0 Å². The molecule has 0 aliphatic heterocycles.